The number of rotatable bonds is 1. The lowest BCUT2D eigenvalue weighted by Gasteiger charge is -1.93. The normalized spacial score (nSPS) is 21.8. The second-order valence-corrected chi connectivity index (χ2v) is 2.47. The Labute approximate surface area is 62.1 Å². The molecule has 0 atom stereocenters. The van der Waals surface area contributed by atoms with Crippen LogP contribution in [0.4, 0.5) is 0 Å². The predicted molar refractivity (Wildman–Crippen MR) is 44.7 cm³/mol. The third kappa shape index (κ3) is 1.76. The molecule has 1 heteroatoms. The third-order valence-corrected chi connectivity index (χ3v) is 1.59. The van der Waals surface area contributed by atoms with Gasteiger partial charge in [-0.3, -0.25) is 0 Å². The molecule has 0 spiro atoms. The van der Waals surface area contributed by atoms with Crippen molar-refractivity contribution in [2.45, 2.75) is 13.8 Å². The summed E-state index contributed by atoms with van der Waals surface area (Å²) in [6.07, 6.45) is 8.39. The first kappa shape index (κ1) is 7.13. The van der Waals surface area contributed by atoms with Crippen LogP contribution in [0.1, 0.15) is 13.8 Å². The summed E-state index contributed by atoms with van der Waals surface area (Å²) in [7, 11) is 0. The molecule has 0 radical (unpaired) electrons. The van der Waals surface area contributed by atoms with Gasteiger partial charge in [0.2, 0.25) is 0 Å². The summed E-state index contributed by atoms with van der Waals surface area (Å²) in [5.41, 5.74) is 2.68. The van der Waals surface area contributed by atoms with Crippen LogP contribution in [0.25, 0.3) is 0 Å². The van der Waals surface area contributed by atoms with Crippen LogP contribution in [0.2, 0.25) is 0 Å². The van der Waals surface area contributed by atoms with Crippen molar-refractivity contribution in [2.75, 3.05) is 6.54 Å². The summed E-state index contributed by atoms with van der Waals surface area (Å²) < 4.78 is 0. The largest absolute Gasteiger partial charge is 0.387 e. The summed E-state index contributed by atoms with van der Waals surface area (Å²) in [5, 5.41) is 3.13. The van der Waals surface area contributed by atoms with Crippen LogP contribution in [0.3, 0.4) is 0 Å². The fraction of sp³-hybridized carbons (Fsp3) is 0.333. The molecule has 1 nitrogen and oxygen atoms in total. The summed E-state index contributed by atoms with van der Waals surface area (Å²) in [6, 6.07) is 0. The molecule has 1 N–H and O–H groups in total. The molecule has 54 valence electrons. The van der Waals surface area contributed by atoms with Gasteiger partial charge in [0.25, 0.3) is 0 Å². The fourth-order valence-electron chi connectivity index (χ4n) is 0.877. The highest BCUT2D eigenvalue weighted by atomic mass is 14.8. The van der Waals surface area contributed by atoms with E-state index in [0.717, 1.165) is 6.54 Å². The van der Waals surface area contributed by atoms with Gasteiger partial charge in [-0.25, -0.2) is 0 Å². The minimum Gasteiger partial charge on any atom is -0.387 e. The smallest absolute Gasteiger partial charge is 0.0395 e. The lowest BCUT2D eigenvalue weighted by Crippen LogP contribution is -2.00. The van der Waals surface area contributed by atoms with E-state index in [1.165, 1.54) is 11.1 Å². The molecular weight excluding hydrogens is 122 g/mol. The second-order valence-electron chi connectivity index (χ2n) is 2.47. The summed E-state index contributed by atoms with van der Waals surface area (Å²) in [6.45, 7) is 5.14. The van der Waals surface area contributed by atoms with Gasteiger partial charge < -0.3 is 5.32 Å². The molecule has 0 saturated carbocycles. The first-order chi connectivity index (χ1) is 4.83. The number of allylic oxidation sites excluding steroid dienone is 3. The molecule has 0 unspecified atom stereocenters. The molecule has 0 amide bonds. The van der Waals surface area contributed by atoms with Crippen molar-refractivity contribution in [1.82, 2.24) is 5.32 Å². The Balaban J connectivity index is 2.62. The van der Waals surface area contributed by atoms with Crippen molar-refractivity contribution in [3.8, 4) is 0 Å². The van der Waals surface area contributed by atoms with Gasteiger partial charge in [-0.05, 0) is 31.7 Å². The van der Waals surface area contributed by atoms with Crippen LogP contribution >= 0.6 is 0 Å². The maximum absolute atomic E-state index is 3.13. The van der Waals surface area contributed by atoms with Crippen LogP contribution < -0.4 is 5.32 Å². The van der Waals surface area contributed by atoms with Crippen molar-refractivity contribution >= 4 is 0 Å². The molecule has 0 aromatic rings. The SMILES string of the molecule is C/C=C(C)\C=C1\C=CNC1. The summed E-state index contributed by atoms with van der Waals surface area (Å²) in [5.74, 6) is 0. The van der Waals surface area contributed by atoms with Crippen LogP contribution in [0.5, 0.6) is 0 Å². The average molecular weight is 135 g/mol. The van der Waals surface area contributed by atoms with Crippen LogP contribution in [-0.4, -0.2) is 6.54 Å². The zero-order valence-electron chi connectivity index (χ0n) is 6.52. The van der Waals surface area contributed by atoms with E-state index in [9.17, 15) is 0 Å². The second kappa shape index (κ2) is 3.25. The van der Waals surface area contributed by atoms with Crippen LogP contribution in [0.15, 0.2) is 35.6 Å². The maximum Gasteiger partial charge on any atom is 0.0395 e. The Kier molecular flexibility index (Phi) is 2.32. The van der Waals surface area contributed by atoms with E-state index in [1.54, 1.807) is 0 Å². The zero-order valence-corrected chi connectivity index (χ0v) is 6.52. The average Bonchev–Trinajstić information content (AvgIpc) is 2.40. The Bertz CT molecular complexity index is 197. The van der Waals surface area contributed by atoms with E-state index in [4.69, 9.17) is 0 Å². The van der Waals surface area contributed by atoms with E-state index >= 15 is 0 Å². The van der Waals surface area contributed by atoms with E-state index in [0.29, 0.717) is 0 Å². The van der Waals surface area contributed by atoms with Crippen molar-refractivity contribution in [1.29, 1.82) is 0 Å². The minimum atomic E-state index is 0.977. The van der Waals surface area contributed by atoms with Gasteiger partial charge in [0.15, 0.2) is 0 Å². The van der Waals surface area contributed by atoms with Gasteiger partial charge in [0, 0.05) is 6.54 Å². The first-order valence-corrected chi connectivity index (χ1v) is 3.56. The monoisotopic (exact) mass is 135 g/mol. The molecule has 1 heterocycles. The molecule has 0 aromatic heterocycles. The van der Waals surface area contributed by atoms with Gasteiger partial charge in [-0.15, -0.1) is 0 Å². The summed E-state index contributed by atoms with van der Waals surface area (Å²) >= 11 is 0. The molecule has 1 aliphatic rings. The van der Waals surface area contributed by atoms with Gasteiger partial charge in [-0.2, -0.15) is 0 Å². The Morgan fingerprint density at radius 2 is 2.50 bits per heavy atom. The molecule has 0 aromatic carbocycles. The van der Waals surface area contributed by atoms with E-state index in [2.05, 4.69) is 37.4 Å². The molecule has 10 heavy (non-hydrogen) atoms. The standard InChI is InChI=1S/C9H13N/c1-3-8(2)6-9-4-5-10-7-9/h3-6,10H,7H2,1-2H3/b8-3-,9-6-. The lowest BCUT2D eigenvalue weighted by atomic mass is 10.2. The van der Waals surface area contributed by atoms with E-state index in [-0.39, 0.29) is 0 Å². The Morgan fingerprint density at radius 1 is 1.70 bits per heavy atom. The molecular formula is C9H13N. The lowest BCUT2D eigenvalue weighted by molar-refractivity contribution is 1.01. The van der Waals surface area contributed by atoms with Gasteiger partial charge in [-0.1, -0.05) is 17.7 Å². The van der Waals surface area contributed by atoms with Gasteiger partial charge >= 0.3 is 0 Å². The van der Waals surface area contributed by atoms with Gasteiger partial charge in [0.05, 0.1) is 0 Å². The molecule has 0 aliphatic carbocycles. The van der Waals surface area contributed by atoms with Crippen LogP contribution in [0, 0.1) is 0 Å². The van der Waals surface area contributed by atoms with E-state index < -0.39 is 0 Å². The molecule has 0 saturated heterocycles. The van der Waals surface area contributed by atoms with Crippen LogP contribution in [-0.2, 0) is 0 Å². The fourth-order valence-corrected chi connectivity index (χ4v) is 0.877. The minimum absolute atomic E-state index is 0.977. The third-order valence-electron chi connectivity index (χ3n) is 1.59. The molecule has 0 bridgehead atoms. The van der Waals surface area contributed by atoms with E-state index in [1.807, 2.05) is 6.20 Å². The van der Waals surface area contributed by atoms with Crippen molar-refractivity contribution < 1.29 is 0 Å². The number of hydrogen-bond acceptors (Lipinski definition) is 1. The van der Waals surface area contributed by atoms with Crippen molar-refractivity contribution in [3.05, 3.63) is 35.6 Å². The highest BCUT2D eigenvalue weighted by Crippen LogP contribution is 2.05. The maximum atomic E-state index is 3.13. The Hall–Kier alpha value is -0.980. The molecule has 1 aliphatic heterocycles. The van der Waals surface area contributed by atoms with Gasteiger partial charge in [0.1, 0.15) is 0 Å². The first-order valence-electron chi connectivity index (χ1n) is 3.56. The quantitative estimate of drug-likeness (QED) is 0.580. The van der Waals surface area contributed by atoms with Crippen molar-refractivity contribution in [2.24, 2.45) is 0 Å². The highest BCUT2D eigenvalue weighted by molar-refractivity contribution is 5.32. The molecule has 0 fully saturated rings. The topological polar surface area (TPSA) is 12.0 Å². The van der Waals surface area contributed by atoms with Crippen molar-refractivity contribution in [3.63, 3.8) is 0 Å². The number of hydrogen-bond donors (Lipinski definition) is 1. The Morgan fingerprint density at radius 3 is 3.00 bits per heavy atom. The highest BCUT2D eigenvalue weighted by Gasteiger charge is 1.95. The summed E-state index contributed by atoms with van der Waals surface area (Å²) in [4.78, 5) is 0. The number of nitrogens with one attached hydrogen (secondary N) is 1. The molecule has 1 rings (SSSR count). The zero-order chi connectivity index (χ0) is 7.40. The predicted octanol–water partition coefficient (Wildman–Crippen LogP) is 2.00.